The number of para-hydroxylation sites is 1. The number of rotatable bonds is 6. The molecule has 0 unspecified atom stereocenters. The van der Waals surface area contributed by atoms with Gasteiger partial charge in [-0.15, -0.1) is 0 Å². The molecule has 4 aromatic rings. The van der Waals surface area contributed by atoms with E-state index in [1.807, 2.05) is 31.2 Å². The van der Waals surface area contributed by atoms with Gasteiger partial charge in [0.2, 0.25) is 5.75 Å². The molecule has 0 saturated heterocycles. The van der Waals surface area contributed by atoms with Gasteiger partial charge >= 0.3 is 0 Å². The summed E-state index contributed by atoms with van der Waals surface area (Å²) in [6.07, 6.45) is 0. The van der Waals surface area contributed by atoms with Gasteiger partial charge in [0.25, 0.3) is 0 Å². The Morgan fingerprint density at radius 1 is 0.806 bits per heavy atom. The van der Waals surface area contributed by atoms with Crippen molar-refractivity contribution in [1.82, 2.24) is 9.97 Å². The van der Waals surface area contributed by atoms with Crippen LogP contribution in [0.4, 0.5) is 4.39 Å². The summed E-state index contributed by atoms with van der Waals surface area (Å²) >= 11 is 0. The summed E-state index contributed by atoms with van der Waals surface area (Å²) in [4.78, 5) is 7.92. The molecule has 0 fully saturated rings. The van der Waals surface area contributed by atoms with E-state index in [4.69, 9.17) is 18.9 Å². The molecule has 0 amide bonds. The first-order valence-electron chi connectivity index (χ1n) is 9.65. The zero-order chi connectivity index (χ0) is 22.1. The van der Waals surface area contributed by atoms with E-state index in [9.17, 15) is 4.39 Å². The highest BCUT2D eigenvalue weighted by Crippen LogP contribution is 2.51. The lowest BCUT2D eigenvalue weighted by atomic mass is 9.92. The van der Waals surface area contributed by atoms with E-state index in [-0.39, 0.29) is 5.75 Å². The summed E-state index contributed by atoms with van der Waals surface area (Å²) in [5.74, 6) is 1.84. The van der Waals surface area contributed by atoms with Gasteiger partial charge in [-0.05, 0) is 42.3 Å². The molecule has 31 heavy (non-hydrogen) atoms. The summed E-state index contributed by atoms with van der Waals surface area (Å²) in [7, 11) is 6.08. The van der Waals surface area contributed by atoms with Crippen LogP contribution >= 0.6 is 0 Å². The molecule has 0 radical (unpaired) electrons. The summed E-state index contributed by atoms with van der Waals surface area (Å²) in [6, 6.07) is 12.5. The van der Waals surface area contributed by atoms with Gasteiger partial charge in [-0.25, -0.2) is 9.37 Å². The van der Waals surface area contributed by atoms with Crippen LogP contribution in [0.3, 0.4) is 0 Å². The maximum atomic E-state index is 14.7. The van der Waals surface area contributed by atoms with Crippen LogP contribution in [-0.4, -0.2) is 38.4 Å². The van der Waals surface area contributed by atoms with Gasteiger partial charge in [0.05, 0.1) is 39.5 Å². The van der Waals surface area contributed by atoms with Gasteiger partial charge in [0, 0.05) is 11.1 Å². The molecule has 0 aliphatic carbocycles. The average molecular weight is 422 g/mol. The number of aromatic nitrogens is 2. The molecule has 0 spiro atoms. The lowest BCUT2D eigenvalue weighted by Gasteiger charge is -2.20. The number of nitrogens with zero attached hydrogens (tertiary/aromatic N) is 1. The first kappa shape index (κ1) is 20.5. The van der Waals surface area contributed by atoms with E-state index in [1.165, 1.54) is 20.3 Å². The van der Waals surface area contributed by atoms with Crippen LogP contribution < -0.4 is 18.9 Å². The summed E-state index contributed by atoms with van der Waals surface area (Å²) in [5.41, 5.74) is 4.59. The predicted molar refractivity (Wildman–Crippen MR) is 118 cm³/mol. The smallest absolute Gasteiger partial charge is 0.203 e. The zero-order valence-corrected chi connectivity index (χ0v) is 18.0. The number of fused-ring (bicyclic) bond motifs is 1. The molecule has 160 valence electrons. The Kier molecular flexibility index (Phi) is 5.42. The maximum absolute atomic E-state index is 14.7. The fourth-order valence-corrected chi connectivity index (χ4v) is 3.85. The third-order valence-corrected chi connectivity index (χ3v) is 5.19. The van der Waals surface area contributed by atoms with E-state index >= 15 is 0 Å². The van der Waals surface area contributed by atoms with Crippen LogP contribution in [-0.2, 0) is 0 Å². The molecular weight excluding hydrogens is 399 g/mol. The molecule has 1 heterocycles. The lowest BCUT2D eigenvalue weighted by molar-refractivity contribution is 0.325. The third-order valence-electron chi connectivity index (χ3n) is 5.19. The molecule has 0 aliphatic rings. The number of aryl methyl sites for hydroxylation is 1. The van der Waals surface area contributed by atoms with Gasteiger partial charge in [-0.3, -0.25) is 0 Å². The standard InChI is InChI=1S/C24H23FN2O4/c1-13-26-18-8-6-7-15(22(18)27-13)16-12-20(29-3)23(30-4)24(31-5)21(16)14-9-10-19(28-2)17(25)11-14/h6-12H,1-5H3,(H,26,27). The second kappa shape index (κ2) is 8.18. The quantitative estimate of drug-likeness (QED) is 0.452. The molecular formula is C24H23FN2O4. The van der Waals surface area contributed by atoms with Crippen LogP contribution in [0.15, 0.2) is 42.5 Å². The number of aromatic amines is 1. The van der Waals surface area contributed by atoms with Crippen molar-refractivity contribution in [3.63, 3.8) is 0 Å². The van der Waals surface area contributed by atoms with Crippen molar-refractivity contribution in [2.24, 2.45) is 0 Å². The molecule has 7 heteroatoms. The predicted octanol–water partition coefficient (Wildman–Crippen LogP) is 5.38. The number of imidazole rings is 1. The average Bonchev–Trinajstić information content (AvgIpc) is 3.17. The van der Waals surface area contributed by atoms with Gasteiger partial charge in [-0.1, -0.05) is 18.2 Å². The molecule has 0 bridgehead atoms. The molecule has 0 aliphatic heterocycles. The van der Waals surface area contributed by atoms with Gasteiger partial charge < -0.3 is 23.9 Å². The highest BCUT2D eigenvalue weighted by Gasteiger charge is 2.25. The number of halogens is 1. The van der Waals surface area contributed by atoms with E-state index < -0.39 is 5.82 Å². The Balaban J connectivity index is 2.12. The fraction of sp³-hybridized carbons (Fsp3) is 0.208. The minimum absolute atomic E-state index is 0.162. The van der Waals surface area contributed by atoms with Crippen molar-refractivity contribution in [3.05, 3.63) is 54.1 Å². The van der Waals surface area contributed by atoms with Crippen LogP contribution in [0.2, 0.25) is 0 Å². The molecule has 1 N–H and O–H groups in total. The Morgan fingerprint density at radius 2 is 1.55 bits per heavy atom. The van der Waals surface area contributed by atoms with Crippen molar-refractivity contribution >= 4 is 11.0 Å². The molecule has 0 saturated carbocycles. The number of ether oxygens (including phenoxy) is 4. The maximum Gasteiger partial charge on any atom is 0.203 e. The Hall–Kier alpha value is -3.74. The second-order valence-electron chi connectivity index (χ2n) is 6.94. The fourth-order valence-electron chi connectivity index (χ4n) is 3.85. The highest BCUT2D eigenvalue weighted by molar-refractivity contribution is 6.00. The third kappa shape index (κ3) is 3.42. The zero-order valence-electron chi connectivity index (χ0n) is 18.0. The van der Waals surface area contributed by atoms with Gasteiger partial charge in [-0.2, -0.15) is 0 Å². The monoisotopic (exact) mass is 422 g/mol. The SMILES string of the molecule is COc1ccc(-c2c(-c3cccc4[nH]c(C)nc34)cc(OC)c(OC)c2OC)cc1F. The minimum Gasteiger partial charge on any atom is -0.494 e. The molecule has 4 rings (SSSR count). The van der Waals surface area contributed by atoms with E-state index in [0.29, 0.717) is 28.4 Å². The van der Waals surface area contributed by atoms with Crippen molar-refractivity contribution in [3.8, 4) is 45.3 Å². The van der Waals surface area contributed by atoms with Crippen molar-refractivity contribution in [2.45, 2.75) is 6.92 Å². The summed E-state index contributed by atoms with van der Waals surface area (Å²) in [5, 5.41) is 0. The highest BCUT2D eigenvalue weighted by atomic mass is 19.1. The Morgan fingerprint density at radius 3 is 2.19 bits per heavy atom. The van der Waals surface area contributed by atoms with E-state index in [2.05, 4.69) is 9.97 Å². The van der Waals surface area contributed by atoms with Crippen molar-refractivity contribution in [2.75, 3.05) is 28.4 Å². The van der Waals surface area contributed by atoms with E-state index in [0.717, 1.165) is 28.0 Å². The molecule has 1 aromatic heterocycles. The number of nitrogens with one attached hydrogen (secondary N) is 1. The van der Waals surface area contributed by atoms with Crippen molar-refractivity contribution in [1.29, 1.82) is 0 Å². The first-order chi connectivity index (χ1) is 15.0. The minimum atomic E-state index is -0.475. The van der Waals surface area contributed by atoms with E-state index in [1.54, 1.807) is 26.4 Å². The summed E-state index contributed by atoms with van der Waals surface area (Å²) in [6.45, 7) is 1.90. The number of H-pyrrole nitrogens is 1. The van der Waals surface area contributed by atoms with Gasteiger partial charge in [0.15, 0.2) is 23.1 Å². The molecule has 6 nitrogen and oxygen atoms in total. The number of hydrogen-bond acceptors (Lipinski definition) is 5. The van der Waals surface area contributed by atoms with Crippen LogP contribution in [0, 0.1) is 12.7 Å². The number of methoxy groups -OCH3 is 4. The number of benzene rings is 3. The molecule has 0 atom stereocenters. The largest absolute Gasteiger partial charge is 0.494 e. The topological polar surface area (TPSA) is 65.6 Å². The normalized spacial score (nSPS) is 10.9. The number of hydrogen-bond donors (Lipinski definition) is 1. The van der Waals surface area contributed by atoms with Crippen LogP contribution in [0.1, 0.15) is 5.82 Å². The Bertz CT molecular complexity index is 1270. The van der Waals surface area contributed by atoms with Crippen molar-refractivity contribution < 1.29 is 23.3 Å². The lowest BCUT2D eigenvalue weighted by Crippen LogP contribution is -2.00. The summed E-state index contributed by atoms with van der Waals surface area (Å²) < 4.78 is 36.7. The first-order valence-corrected chi connectivity index (χ1v) is 9.65. The van der Waals surface area contributed by atoms with Crippen LogP contribution in [0.25, 0.3) is 33.3 Å². The van der Waals surface area contributed by atoms with Gasteiger partial charge in [0.1, 0.15) is 5.82 Å². The second-order valence-corrected chi connectivity index (χ2v) is 6.94. The molecule has 3 aromatic carbocycles. The Labute approximate surface area is 179 Å². The van der Waals surface area contributed by atoms with Crippen LogP contribution in [0.5, 0.6) is 23.0 Å².